The van der Waals surface area contributed by atoms with Crippen LogP contribution in [0.5, 0.6) is 0 Å². The van der Waals surface area contributed by atoms with Crippen molar-refractivity contribution in [3.63, 3.8) is 0 Å². The molecule has 4 heteroatoms. The zero-order chi connectivity index (χ0) is 13.3. The summed E-state index contributed by atoms with van der Waals surface area (Å²) in [6.45, 7) is 2.30. The fourth-order valence-corrected chi connectivity index (χ4v) is 5.14. The topological polar surface area (TPSA) is 60.2 Å². The Balaban J connectivity index is 2.04. The highest BCUT2D eigenvalue weighted by Gasteiger charge is 2.37. The standard InChI is InChI=1S/C14H27NO2S/c1-10-6-7-14(15)13(8-10)11-4-3-5-12(9-11)18(2,16)17/h10-14H,3-9,15H2,1-2H3. The van der Waals surface area contributed by atoms with Crippen LogP contribution in [-0.4, -0.2) is 26.0 Å². The van der Waals surface area contributed by atoms with Gasteiger partial charge in [-0.05, 0) is 49.9 Å². The Morgan fingerprint density at radius 1 is 1.06 bits per heavy atom. The van der Waals surface area contributed by atoms with E-state index in [0.29, 0.717) is 17.9 Å². The molecule has 2 aliphatic rings. The molecule has 3 nitrogen and oxygen atoms in total. The molecule has 0 aliphatic heterocycles. The third-order valence-electron chi connectivity index (χ3n) is 5.09. The van der Waals surface area contributed by atoms with Crippen LogP contribution in [0.4, 0.5) is 0 Å². The summed E-state index contributed by atoms with van der Waals surface area (Å²) >= 11 is 0. The number of hydrogen-bond donors (Lipinski definition) is 1. The minimum Gasteiger partial charge on any atom is -0.327 e. The van der Waals surface area contributed by atoms with E-state index in [2.05, 4.69) is 6.92 Å². The summed E-state index contributed by atoms with van der Waals surface area (Å²) in [4.78, 5) is 0. The highest BCUT2D eigenvalue weighted by molar-refractivity contribution is 7.91. The van der Waals surface area contributed by atoms with E-state index in [9.17, 15) is 8.42 Å². The van der Waals surface area contributed by atoms with Crippen LogP contribution in [0.15, 0.2) is 0 Å². The van der Waals surface area contributed by atoms with E-state index in [1.54, 1.807) is 0 Å². The molecule has 106 valence electrons. The molecule has 0 aromatic rings. The Morgan fingerprint density at radius 3 is 2.44 bits per heavy atom. The van der Waals surface area contributed by atoms with Crippen molar-refractivity contribution in [1.82, 2.24) is 0 Å². The maximum Gasteiger partial charge on any atom is 0.150 e. The molecular weight excluding hydrogens is 246 g/mol. The van der Waals surface area contributed by atoms with E-state index < -0.39 is 9.84 Å². The normalized spacial score (nSPS) is 42.7. The fourth-order valence-electron chi connectivity index (χ4n) is 3.95. The zero-order valence-electron chi connectivity index (χ0n) is 11.6. The van der Waals surface area contributed by atoms with E-state index >= 15 is 0 Å². The largest absolute Gasteiger partial charge is 0.327 e. The Morgan fingerprint density at radius 2 is 1.78 bits per heavy atom. The summed E-state index contributed by atoms with van der Waals surface area (Å²) in [6, 6.07) is 0.296. The lowest BCUT2D eigenvalue weighted by Gasteiger charge is -2.41. The van der Waals surface area contributed by atoms with Gasteiger partial charge in [-0.2, -0.15) is 0 Å². The predicted molar refractivity (Wildman–Crippen MR) is 75.1 cm³/mol. The van der Waals surface area contributed by atoms with E-state index in [4.69, 9.17) is 5.73 Å². The van der Waals surface area contributed by atoms with Gasteiger partial charge >= 0.3 is 0 Å². The summed E-state index contributed by atoms with van der Waals surface area (Å²) in [5, 5.41) is -0.110. The molecule has 0 heterocycles. The van der Waals surface area contributed by atoms with E-state index in [0.717, 1.165) is 31.6 Å². The van der Waals surface area contributed by atoms with Gasteiger partial charge in [0.1, 0.15) is 9.84 Å². The Bertz CT molecular complexity index is 379. The van der Waals surface area contributed by atoms with Gasteiger partial charge in [0.15, 0.2) is 0 Å². The zero-order valence-corrected chi connectivity index (χ0v) is 12.5. The van der Waals surface area contributed by atoms with Crippen molar-refractivity contribution in [1.29, 1.82) is 0 Å². The molecule has 2 fully saturated rings. The van der Waals surface area contributed by atoms with Crippen molar-refractivity contribution in [2.45, 2.75) is 63.2 Å². The number of hydrogen-bond acceptors (Lipinski definition) is 3. The third kappa shape index (κ3) is 3.27. The van der Waals surface area contributed by atoms with Crippen LogP contribution < -0.4 is 5.73 Å². The summed E-state index contributed by atoms with van der Waals surface area (Å²) in [6.07, 6.45) is 8.88. The summed E-state index contributed by atoms with van der Waals surface area (Å²) in [5.74, 6) is 1.85. The number of rotatable bonds is 2. The molecule has 0 spiro atoms. The molecule has 18 heavy (non-hydrogen) atoms. The first-order valence-electron chi connectivity index (χ1n) is 7.32. The van der Waals surface area contributed by atoms with Crippen LogP contribution in [-0.2, 0) is 9.84 Å². The summed E-state index contributed by atoms with van der Waals surface area (Å²) < 4.78 is 23.5. The molecule has 2 rings (SSSR count). The van der Waals surface area contributed by atoms with Crippen LogP contribution in [0.1, 0.15) is 51.9 Å². The summed E-state index contributed by atoms with van der Waals surface area (Å²) in [5.41, 5.74) is 6.28. The van der Waals surface area contributed by atoms with Crippen LogP contribution in [0.25, 0.3) is 0 Å². The van der Waals surface area contributed by atoms with Crippen LogP contribution in [0, 0.1) is 17.8 Å². The van der Waals surface area contributed by atoms with Gasteiger partial charge in [0, 0.05) is 12.3 Å². The lowest BCUT2D eigenvalue weighted by atomic mass is 9.68. The summed E-state index contributed by atoms with van der Waals surface area (Å²) in [7, 11) is -2.87. The molecular formula is C14H27NO2S. The maximum atomic E-state index is 11.7. The molecule has 0 saturated heterocycles. The maximum absolute atomic E-state index is 11.7. The first-order chi connectivity index (χ1) is 8.38. The van der Waals surface area contributed by atoms with Crippen molar-refractivity contribution in [3.05, 3.63) is 0 Å². The van der Waals surface area contributed by atoms with E-state index in [1.807, 2.05) is 0 Å². The first-order valence-corrected chi connectivity index (χ1v) is 9.28. The molecule has 0 aromatic carbocycles. The van der Waals surface area contributed by atoms with Crippen molar-refractivity contribution in [2.24, 2.45) is 23.5 Å². The minimum atomic E-state index is -2.87. The average Bonchev–Trinajstić information content (AvgIpc) is 2.31. The van der Waals surface area contributed by atoms with Gasteiger partial charge in [-0.25, -0.2) is 8.42 Å². The highest BCUT2D eigenvalue weighted by atomic mass is 32.2. The lowest BCUT2D eigenvalue weighted by molar-refractivity contribution is 0.144. The van der Waals surface area contributed by atoms with Gasteiger partial charge in [0.25, 0.3) is 0 Å². The fraction of sp³-hybridized carbons (Fsp3) is 1.00. The second-order valence-corrected chi connectivity index (χ2v) is 8.95. The van der Waals surface area contributed by atoms with Gasteiger partial charge in [-0.1, -0.05) is 19.8 Å². The minimum absolute atomic E-state index is 0.110. The molecule has 2 aliphatic carbocycles. The quantitative estimate of drug-likeness (QED) is 0.840. The molecule has 0 bridgehead atoms. The van der Waals surface area contributed by atoms with Gasteiger partial charge in [-0.15, -0.1) is 0 Å². The average molecular weight is 273 g/mol. The van der Waals surface area contributed by atoms with Crippen molar-refractivity contribution in [3.8, 4) is 0 Å². The molecule has 5 unspecified atom stereocenters. The Kier molecular flexibility index (Phi) is 4.37. The van der Waals surface area contributed by atoms with Crippen LogP contribution in [0.2, 0.25) is 0 Å². The van der Waals surface area contributed by atoms with E-state index in [1.165, 1.54) is 25.5 Å². The van der Waals surface area contributed by atoms with Gasteiger partial charge in [0.2, 0.25) is 0 Å². The molecule has 5 atom stereocenters. The van der Waals surface area contributed by atoms with E-state index in [-0.39, 0.29) is 5.25 Å². The van der Waals surface area contributed by atoms with Crippen molar-refractivity contribution in [2.75, 3.05) is 6.26 Å². The van der Waals surface area contributed by atoms with Crippen LogP contribution >= 0.6 is 0 Å². The number of nitrogens with two attached hydrogens (primary N) is 1. The Hall–Kier alpha value is -0.0900. The second kappa shape index (κ2) is 5.49. The van der Waals surface area contributed by atoms with Gasteiger partial charge in [-0.3, -0.25) is 0 Å². The first kappa shape index (κ1) is 14.3. The van der Waals surface area contributed by atoms with Gasteiger partial charge < -0.3 is 5.73 Å². The smallest absolute Gasteiger partial charge is 0.150 e. The monoisotopic (exact) mass is 273 g/mol. The Labute approximate surface area is 111 Å². The molecule has 0 radical (unpaired) electrons. The lowest BCUT2D eigenvalue weighted by Crippen LogP contribution is -2.42. The highest BCUT2D eigenvalue weighted by Crippen LogP contribution is 2.40. The molecule has 2 saturated carbocycles. The number of sulfone groups is 1. The predicted octanol–water partition coefficient (Wildman–Crippen LogP) is 2.35. The van der Waals surface area contributed by atoms with Gasteiger partial charge in [0.05, 0.1) is 5.25 Å². The van der Waals surface area contributed by atoms with Crippen molar-refractivity contribution < 1.29 is 8.42 Å². The van der Waals surface area contributed by atoms with Crippen molar-refractivity contribution >= 4 is 9.84 Å². The molecule has 0 amide bonds. The molecule has 0 aromatic heterocycles. The molecule has 2 N–H and O–H groups in total. The second-order valence-electron chi connectivity index (χ2n) is 6.62. The SMILES string of the molecule is CC1CCC(N)C(C2CCCC(S(C)(=O)=O)C2)C1. The third-order valence-corrected chi connectivity index (χ3v) is 6.73. The van der Waals surface area contributed by atoms with Crippen LogP contribution in [0.3, 0.4) is 0 Å².